The molecule has 5 heteroatoms. The molecule has 0 aromatic rings. The highest BCUT2D eigenvalue weighted by Gasteiger charge is 2.11. The van der Waals surface area contributed by atoms with Crippen LogP contribution in [0.4, 0.5) is 0 Å². The molecule has 2 unspecified atom stereocenters. The van der Waals surface area contributed by atoms with Crippen molar-refractivity contribution in [1.29, 1.82) is 10.5 Å². The van der Waals surface area contributed by atoms with Gasteiger partial charge >= 0.3 is 0 Å². The molecule has 5 nitrogen and oxygen atoms in total. The minimum Gasteiger partial charge on any atom is -0.396 e. The van der Waals surface area contributed by atoms with Crippen LogP contribution in [-0.2, 0) is 4.74 Å². The average Bonchev–Trinajstić information content (AvgIpc) is 2.37. The second-order valence-corrected chi connectivity index (χ2v) is 3.92. The van der Waals surface area contributed by atoms with Crippen molar-refractivity contribution in [1.82, 2.24) is 0 Å². The molecule has 2 N–H and O–H groups in total. The van der Waals surface area contributed by atoms with Crippen molar-refractivity contribution in [3.8, 4) is 12.1 Å². The Balaban J connectivity index is 3.71. The summed E-state index contributed by atoms with van der Waals surface area (Å²) in [6.07, 6.45) is 2.41. The smallest absolute Gasteiger partial charge is 0.0698 e. The van der Waals surface area contributed by atoms with Crippen LogP contribution in [0.15, 0.2) is 0 Å². The molecule has 0 aliphatic rings. The van der Waals surface area contributed by atoms with E-state index in [-0.39, 0.29) is 25.0 Å². The van der Waals surface area contributed by atoms with Gasteiger partial charge in [-0.25, -0.2) is 0 Å². The highest BCUT2D eigenvalue weighted by atomic mass is 16.5. The molecule has 17 heavy (non-hydrogen) atoms. The number of ether oxygens (including phenoxy) is 1. The van der Waals surface area contributed by atoms with Gasteiger partial charge in [-0.1, -0.05) is 0 Å². The maximum atomic E-state index is 8.81. The lowest BCUT2D eigenvalue weighted by atomic mass is 10.1. The first-order valence-electron chi connectivity index (χ1n) is 5.87. The second-order valence-electron chi connectivity index (χ2n) is 3.92. The van der Waals surface area contributed by atoms with Crippen LogP contribution in [0.25, 0.3) is 0 Å². The van der Waals surface area contributed by atoms with Crippen LogP contribution in [0.5, 0.6) is 0 Å². The summed E-state index contributed by atoms with van der Waals surface area (Å²) in [4.78, 5) is 0. The SMILES string of the molecule is N#CC(CCCO)COCC(C#N)CCCO. The Morgan fingerprint density at radius 2 is 1.29 bits per heavy atom. The monoisotopic (exact) mass is 240 g/mol. The van der Waals surface area contributed by atoms with E-state index in [4.69, 9.17) is 25.5 Å². The van der Waals surface area contributed by atoms with E-state index < -0.39 is 0 Å². The van der Waals surface area contributed by atoms with E-state index in [9.17, 15) is 0 Å². The standard InChI is InChI=1S/C12H20N2O3/c13-7-11(3-1-5-15)9-17-10-12(8-14)4-2-6-16/h11-12,15-16H,1-6,9-10H2. The minimum atomic E-state index is -0.223. The molecule has 0 aromatic carbocycles. The fourth-order valence-electron chi connectivity index (χ4n) is 1.40. The van der Waals surface area contributed by atoms with Gasteiger partial charge in [-0.3, -0.25) is 0 Å². The highest BCUT2D eigenvalue weighted by Crippen LogP contribution is 2.09. The molecule has 0 heterocycles. The largest absolute Gasteiger partial charge is 0.396 e. The van der Waals surface area contributed by atoms with Gasteiger partial charge in [0.15, 0.2) is 0 Å². The summed E-state index contributed by atoms with van der Waals surface area (Å²) in [5, 5.41) is 34.9. The zero-order valence-electron chi connectivity index (χ0n) is 10.0. The summed E-state index contributed by atoms with van der Waals surface area (Å²) < 4.78 is 5.33. The van der Waals surface area contributed by atoms with Gasteiger partial charge in [0, 0.05) is 13.2 Å². The minimum absolute atomic E-state index is 0.0789. The lowest BCUT2D eigenvalue weighted by molar-refractivity contribution is 0.0884. The van der Waals surface area contributed by atoms with Crippen molar-refractivity contribution in [2.45, 2.75) is 25.7 Å². The van der Waals surface area contributed by atoms with Gasteiger partial charge in [-0.05, 0) is 25.7 Å². The molecule has 0 aliphatic carbocycles. The second kappa shape index (κ2) is 11.3. The first kappa shape index (κ1) is 15.9. The third-order valence-electron chi connectivity index (χ3n) is 2.42. The van der Waals surface area contributed by atoms with Gasteiger partial charge in [0.1, 0.15) is 0 Å². The average molecular weight is 240 g/mol. The first-order valence-corrected chi connectivity index (χ1v) is 5.87. The van der Waals surface area contributed by atoms with Crippen molar-refractivity contribution in [2.24, 2.45) is 11.8 Å². The molecule has 0 saturated heterocycles. The number of hydrogen-bond donors (Lipinski definition) is 2. The Hall–Kier alpha value is -1.14. The third-order valence-corrected chi connectivity index (χ3v) is 2.42. The molecule has 2 atom stereocenters. The van der Waals surface area contributed by atoms with E-state index in [0.29, 0.717) is 38.9 Å². The normalized spacial score (nSPS) is 13.6. The molecule has 96 valence electrons. The van der Waals surface area contributed by atoms with Crippen LogP contribution in [0.3, 0.4) is 0 Å². The Bertz CT molecular complexity index is 231. The van der Waals surface area contributed by atoms with Gasteiger partial charge in [0.05, 0.1) is 37.2 Å². The van der Waals surface area contributed by atoms with Crippen LogP contribution in [0.1, 0.15) is 25.7 Å². The van der Waals surface area contributed by atoms with Gasteiger partial charge < -0.3 is 14.9 Å². The van der Waals surface area contributed by atoms with Crippen molar-refractivity contribution in [3.05, 3.63) is 0 Å². The van der Waals surface area contributed by atoms with Gasteiger partial charge in [-0.15, -0.1) is 0 Å². The van der Waals surface area contributed by atoms with Crippen LogP contribution in [0.2, 0.25) is 0 Å². The Morgan fingerprint density at radius 1 is 0.882 bits per heavy atom. The maximum Gasteiger partial charge on any atom is 0.0698 e. The molecule has 0 rings (SSSR count). The summed E-state index contributed by atoms with van der Waals surface area (Å²) >= 11 is 0. The third kappa shape index (κ3) is 8.65. The maximum absolute atomic E-state index is 8.81. The molecular formula is C12H20N2O3. The fraction of sp³-hybridized carbons (Fsp3) is 0.833. The topological polar surface area (TPSA) is 97.3 Å². The molecule has 0 aliphatic heterocycles. The fourth-order valence-corrected chi connectivity index (χ4v) is 1.40. The molecule has 0 spiro atoms. The molecule has 0 saturated carbocycles. The quantitative estimate of drug-likeness (QED) is 0.589. The van der Waals surface area contributed by atoms with E-state index in [2.05, 4.69) is 12.1 Å². The Labute approximate surface area is 102 Å². The van der Waals surface area contributed by atoms with Gasteiger partial charge in [0.2, 0.25) is 0 Å². The summed E-state index contributed by atoms with van der Waals surface area (Å²) in [5.41, 5.74) is 0. The van der Waals surface area contributed by atoms with E-state index in [1.165, 1.54) is 0 Å². The van der Waals surface area contributed by atoms with Crippen LogP contribution >= 0.6 is 0 Å². The van der Waals surface area contributed by atoms with E-state index in [1.807, 2.05) is 0 Å². The summed E-state index contributed by atoms with van der Waals surface area (Å²) in [5.74, 6) is -0.446. The van der Waals surface area contributed by atoms with Crippen LogP contribution < -0.4 is 0 Å². The number of hydrogen-bond acceptors (Lipinski definition) is 5. The summed E-state index contributed by atoms with van der Waals surface area (Å²) in [6, 6.07) is 4.23. The Morgan fingerprint density at radius 3 is 1.59 bits per heavy atom. The van der Waals surface area contributed by atoms with E-state index >= 15 is 0 Å². The van der Waals surface area contributed by atoms with Crippen LogP contribution in [0, 0.1) is 34.5 Å². The van der Waals surface area contributed by atoms with Crippen molar-refractivity contribution < 1.29 is 14.9 Å². The molecule has 0 fully saturated rings. The molecule has 0 bridgehead atoms. The predicted octanol–water partition coefficient (Wildman–Crippen LogP) is 0.828. The van der Waals surface area contributed by atoms with Crippen LogP contribution in [-0.4, -0.2) is 36.6 Å². The highest BCUT2D eigenvalue weighted by molar-refractivity contribution is 4.84. The van der Waals surface area contributed by atoms with Crippen molar-refractivity contribution in [2.75, 3.05) is 26.4 Å². The number of aliphatic hydroxyl groups excluding tert-OH is 2. The number of rotatable bonds is 10. The molecule has 0 amide bonds. The zero-order chi connectivity index (χ0) is 12.9. The van der Waals surface area contributed by atoms with Gasteiger partial charge in [0.25, 0.3) is 0 Å². The van der Waals surface area contributed by atoms with E-state index in [0.717, 1.165) is 0 Å². The molecule has 0 aromatic heterocycles. The zero-order valence-corrected chi connectivity index (χ0v) is 10.0. The number of nitrogens with zero attached hydrogens (tertiary/aromatic N) is 2. The van der Waals surface area contributed by atoms with Crippen molar-refractivity contribution in [3.63, 3.8) is 0 Å². The summed E-state index contributed by atoms with van der Waals surface area (Å²) in [6.45, 7) is 0.757. The number of nitriles is 2. The number of aliphatic hydroxyl groups is 2. The lowest BCUT2D eigenvalue weighted by Crippen LogP contribution is -2.14. The van der Waals surface area contributed by atoms with E-state index in [1.54, 1.807) is 0 Å². The van der Waals surface area contributed by atoms with Gasteiger partial charge in [-0.2, -0.15) is 10.5 Å². The van der Waals surface area contributed by atoms with Crippen molar-refractivity contribution >= 4 is 0 Å². The first-order chi connectivity index (χ1) is 8.28. The predicted molar refractivity (Wildman–Crippen MR) is 61.7 cm³/mol. The lowest BCUT2D eigenvalue weighted by Gasteiger charge is -2.12. The Kier molecular flexibility index (Phi) is 10.6. The summed E-state index contributed by atoms with van der Waals surface area (Å²) in [7, 11) is 0. The molecule has 0 radical (unpaired) electrons. The molecular weight excluding hydrogens is 220 g/mol.